The van der Waals surface area contributed by atoms with Crippen LogP contribution in [0.5, 0.6) is 0 Å². The van der Waals surface area contributed by atoms with Gasteiger partial charge in [0.15, 0.2) is 0 Å². The monoisotopic (exact) mass is 212 g/mol. The SMILES string of the molecule is CCCCC[CH2][Al]([CH3])[CH2]CCCCC. The summed E-state index contributed by atoms with van der Waals surface area (Å²) in [5.74, 6) is 2.57. The van der Waals surface area contributed by atoms with E-state index in [4.69, 9.17) is 0 Å². The third-order valence-corrected chi connectivity index (χ3v) is 5.89. The smallest absolute Gasteiger partial charge is 0.106 e. The first-order chi connectivity index (χ1) is 6.81. The molecule has 0 heterocycles. The van der Waals surface area contributed by atoms with Gasteiger partial charge in [0.2, 0.25) is 0 Å². The van der Waals surface area contributed by atoms with E-state index in [1.165, 1.54) is 51.4 Å². The molecular weight excluding hydrogens is 183 g/mol. The van der Waals surface area contributed by atoms with Gasteiger partial charge in [-0.1, -0.05) is 75.8 Å². The van der Waals surface area contributed by atoms with Crippen LogP contribution in [0, 0.1) is 0 Å². The average molecular weight is 212 g/mol. The van der Waals surface area contributed by atoms with Crippen molar-refractivity contribution in [2.24, 2.45) is 0 Å². The lowest BCUT2D eigenvalue weighted by Crippen LogP contribution is -2.05. The van der Waals surface area contributed by atoms with E-state index in [-0.39, 0.29) is 14.1 Å². The molecule has 0 aromatic carbocycles. The fraction of sp³-hybridized carbons (Fsp3) is 1.00. The van der Waals surface area contributed by atoms with Gasteiger partial charge in [-0.05, 0) is 0 Å². The molecule has 0 nitrogen and oxygen atoms in total. The van der Waals surface area contributed by atoms with Crippen LogP contribution in [0.1, 0.15) is 65.2 Å². The number of rotatable bonds is 10. The Balaban J connectivity index is 3.07. The summed E-state index contributed by atoms with van der Waals surface area (Å²) in [6.45, 7) is 4.59. The van der Waals surface area contributed by atoms with E-state index in [0.717, 1.165) is 0 Å². The van der Waals surface area contributed by atoms with Crippen LogP contribution in [0.3, 0.4) is 0 Å². The molecule has 84 valence electrons. The molecule has 0 N–H and O–H groups in total. The van der Waals surface area contributed by atoms with E-state index in [2.05, 4.69) is 19.6 Å². The van der Waals surface area contributed by atoms with Crippen LogP contribution in [0.25, 0.3) is 0 Å². The van der Waals surface area contributed by atoms with Crippen LogP contribution >= 0.6 is 0 Å². The minimum absolute atomic E-state index is 0.287. The van der Waals surface area contributed by atoms with Gasteiger partial charge in [-0.3, -0.25) is 0 Å². The summed E-state index contributed by atoms with van der Waals surface area (Å²) in [5, 5.41) is 3.21. The van der Waals surface area contributed by atoms with Crippen LogP contribution in [0.15, 0.2) is 0 Å². The second kappa shape index (κ2) is 11.6. The zero-order valence-corrected chi connectivity index (χ0v) is 11.8. The molecule has 0 aliphatic heterocycles. The Morgan fingerprint density at radius 3 is 1.43 bits per heavy atom. The van der Waals surface area contributed by atoms with E-state index in [1.807, 2.05) is 0 Å². The molecule has 0 aliphatic rings. The first kappa shape index (κ1) is 14.5. The van der Waals surface area contributed by atoms with Crippen molar-refractivity contribution in [2.75, 3.05) is 0 Å². The Morgan fingerprint density at radius 2 is 1.07 bits per heavy atom. The number of hydrogen-bond donors (Lipinski definition) is 0. The summed E-state index contributed by atoms with van der Waals surface area (Å²) in [4.78, 5) is 0. The molecule has 0 fully saturated rings. The largest absolute Gasteiger partial charge is 0.258 e. The van der Waals surface area contributed by atoms with E-state index >= 15 is 0 Å². The highest BCUT2D eigenvalue weighted by atomic mass is 27.2. The molecule has 0 unspecified atom stereocenters. The molecule has 0 aliphatic carbocycles. The van der Waals surface area contributed by atoms with Gasteiger partial charge in [-0.25, -0.2) is 0 Å². The lowest BCUT2D eigenvalue weighted by molar-refractivity contribution is 0.686. The highest BCUT2D eigenvalue weighted by molar-refractivity contribution is 6.57. The van der Waals surface area contributed by atoms with Gasteiger partial charge in [0.05, 0.1) is 0 Å². The fourth-order valence-corrected chi connectivity index (χ4v) is 4.24. The van der Waals surface area contributed by atoms with Crippen molar-refractivity contribution < 1.29 is 0 Å². The summed E-state index contributed by atoms with van der Waals surface area (Å²) < 4.78 is 0. The van der Waals surface area contributed by atoms with Crippen LogP contribution in [-0.4, -0.2) is 14.1 Å². The highest BCUT2D eigenvalue weighted by Crippen LogP contribution is 2.12. The van der Waals surface area contributed by atoms with Gasteiger partial charge < -0.3 is 0 Å². The minimum atomic E-state index is -0.287. The van der Waals surface area contributed by atoms with Crippen molar-refractivity contribution >= 4 is 14.1 Å². The molecule has 0 spiro atoms. The normalized spacial score (nSPS) is 10.5. The molecule has 0 saturated carbocycles. The Hall–Kier alpha value is 0.532. The van der Waals surface area contributed by atoms with Crippen molar-refractivity contribution in [1.29, 1.82) is 0 Å². The Bertz CT molecular complexity index is 89.4. The molecule has 0 amide bonds. The maximum atomic E-state index is 2.57. The zero-order chi connectivity index (χ0) is 10.6. The third-order valence-electron chi connectivity index (χ3n) is 3.10. The lowest BCUT2D eigenvalue weighted by Gasteiger charge is -2.05. The quantitative estimate of drug-likeness (QED) is 0.342. The number of hydrogen-bond acceptors (Lipinski definition) is 0. The molecule has 0 aromatic heterocycles. The Labute approximate surface area is 95.9 Å². The molecule has 0 bridgehead atoms. The molecule has 0 atom stereocenters. The van der Waals surface area contributed by atoms with Crippen LogP contribution in [0.4, 0.5) is 0 Å². The third kappa shape index (κ3) is 10.6. The van der Waals surface area contributed by atoms with Crippen molar-refractivity contribution in [1.82, 2.24) is 0 Å². The second-order valence-corrected chi connectivity index (χ2v) is 8.17. The number of unbranched alkanes of at least 4 members (excludes halogenated alkanes) is 6. The Morgan fingerprint density at radius 1 is 0.643 bits per heavy atom. The maximum Gasteiger partial charge on any atom is 0.258 e. The molecule has 0 aromatic rings. The van der Waals surface area contributed by atoms with Crippen molar-refractivity contribution in [3.8, 4) is 0 Å². The van der Waals surface area contributed by atoms with Gasteiger partial charge in [-0.15, -0.1) is 5.79 Å². The van der Waals surface area contributed by atoms with Crippen LogP contribution in [-0.2, 0) is 0 Å². The van der Waals surface area contributed by atoms with E-state index in [0.29, 0.717) is 0 Å². The summed E-state index contributed by atoms with van der Waals surface area (Å²) in [6, 6.07) is 0. The topological polar surface area (TPSA) is 0 Å². The van der Waals surface area contributed by atoms with Gasteiger partial charge in [0.25, 0.3) is 14.1 Å². The predicted octanol–water partition coefficient (Wildman–Crippen LogP) is 5.27. The minimum Gasteiger partial charge on any atom is -0.106 e. The molecule has 14 heavy (non-hydrogen) atoms. The van der Waals surface area contributed by atoms with Gasteiger partial charge in [0, 0.05) is 0 Å². The molecular formula is C13H29Al. The predicted molar refractivity (Wildman–Crippen MR) is 69.5 cm³/mol. The first-order valence-electron chi connectivity index (χ1n) is 6.81. The Kier molecular flexibility index (Phi) is 12.0. The van der Waals surface area contributed by atoms with E-state index < -0.39 is 0 Å². The molecule has 1 heteroatoms. The summed E-state index contributed by atoms with van der Waals surface area (Å²) >= 11 is -0.287. The van der Waals surface area contributed by atoms with Gasteiger partial charge >= 0.3 is 0 Å². The van der Waals surface area contributed by atoms with E-state index in [1.54, 1.807) is 10.6 Å². The lowest BCUT2D eigenvalue weighted by atomic mass is 10.2. The maximum absolute atomic E-state index is 2.57. The highest BCUT2D eigenvalue weighted by Gasteiger charge is 2.08. The summed E-state index contributed by atoms with van der Waals surface area (Å²) in [5.41, 5.74) is 0. The van der Waals surface area contributed by atoms with Crippen LogP contribution in [0.2, 0.25) is 16.4 Å². The second-order valence-electron chi connectivity index (χ2n) is 4.80. The molecule has 0 radical (unpaired) electrons. The van der Waals surface area contributed by atoms with E-state index in [9.17, 15) is 0 Å². The first-order valence-corrected chi connectivity index (χ1v) is 9.60. The van der Waals surface area contributed by atoms with Crippen molar-refractivity contribution in [3.05, 3.63) is 0 Å². The summed E-state index contributed by atoms with van der Waals surface area (Å²) in [6.07, 6.45) is 11.7. The van der Waals surface area contributed by atoms with Gasteiger partial charge in [0.1, 0.15) is 0 Å². The van der Waals surface area contributed by atoms with Crippen molar-refractivity contribution in [2.45, 2.75) is 81.6 Å². The average Bonchev–Trinajstić information content (AvgIpc) is 2.19. The van der Waals surface area contributed by atoms with Crippen LogP contribution < -0.4 is 0 Å². The molecule has 0 rings (SSSR count). The van der Waals surface area contributed by atoms with Crippen molar-refractivity contribution in [3.63, 3.8) is 0 Å². The van der Waals surface area contributed by atoms with Gasteiger partial charge in [-0.2, -0.15) is 0 Å². The molecule has 0 saturated heterocycles. The summed E-state index contributed by atoms with van der Waals surface area (Å²) in [7, 11) is 0. The standard InChI is InChI=1S/2C6H13.CH3.Al/c2*1-3-5-6-4-2;;/h2*1,3-6H2,2H3;1H3;. The fourth-order valence-electron chi connectivity index (χ4n) is 1.98. The zero-order valence-electron chi connectivity index (χ0n) is 10.6.